The maximum absolute atomic E-state index is 13.0. The summed E-state index contributed by atoms with van der Waals surface area (Å²) in [6.45, 7) is 2.47. The summed E-state index contributed by atoms with van der Waals surface area (Å²) in [5.41, 5.74) is 2.48. The Balaban J connectivity index is 1.46. The SMILES string of the molecule is CCOc1cc(/C=C2\SC(=S)N(CCc3ccccc3)C2=O)cc(Cl)c1OCC(=O)Nc1ccccc1. The van der Waals surface area contributed by atoms with Gasteiger partial charge in [-0.3, -0.25) is 14.5 Å². The van der Waals surface area contributed by atoms with Gasteiger partial charge in [0.15, 0.2) is 18.1 Å². The highest BCUT2D eigenvalue weighted by atomic mass is 35.5. The minimum atomic E-state index is -0.326. The molecule has 0 saturated carbocycles. The van der Waals surface area contributed by atoms with Crippen LogP contribution in [0.3, 0.4) is 0 Å². The third kappa shape index (κ3) is 7.13. The molecule has 0 bridgehead atoms. The zero-order valence-electron chi connectivity index (χ0n) is 20.1. The van der Waals surface area contributed by atoms with Crippen molar-refractivity contribution in [2.45, 2.75) is 13.3 Å². The van der Waals surface area contributed by atoms with Crippen LogP contribution in [0.5, 0.6) is 11.5 Å². The first-order valence-electron chi connectivity index (χ1n) is 11.7. The number of rotatable bonds is 10. The van der Waals surface area contributed by atoms with Gasteiger partial charge in [0.25, 0.3) is 11.8 Å². The number of amides is 2. The first-order chi connectivity index (χ1) is 17.9. The predicted octanol–water partition coefficient (Wildman–Crippen LogP) is 6.20. The molecule has 9 heteroatoms. The molecule has 0 aromatic heterocycles. The molecule has 1 aliphatic heterocycles. The molecule has 2 amide bonds. The topological polar surface area (TPSA) is 67.9 Å². The van der Waals surface area contributed by atoms with E-state index in [2.05, 4.69) is 5.32 Å². The van der Waals surface area contributed by atoms with Gasteiger partial charge in [0.05, 0.1) is 16.5 Å². The van der Waals surface area contributed by atoms with Crippen LogP contribution in [0.25, 0.3) is 6.08 Å². The molecule has 1 N–H and O–H groups in total. The van der Waals surface area contributed by atoms with Gasteiger partial charge in [-0.2, -0.15) is 0 Å². The zero-order valence-corrected chi connectivity index (χ0v) is 22.5. The largest absolute Gasteiger partial charge is 0.490 e. The Hall–Kier alpha value is -3.33. The second-order valence-corrected chi connectivity index (χ2v) is 10.1. The third-order valence-corrected chi connectivity index (χ3v) is 7.03. The highest BCUT2D eigenvalue weighted by Crippen LogP contribution is 2.39. The number of carbonyl (C=O) groups is 2. The van der Waals surface area contributed by atoms with Crippen LogP contribution in [0.2, 0.25) is 5.02 Å². The number of nitrogens with zero attached hydrogens (tertiary/aromatic N) is 1. The Bertz CT molecular complexity index is 1320. The normalized spacial score (nSPS) is 14.2. The lowest BCUT2D eigenvalue weighted by Gasteiger charge is -2.15. The van der Waals surface area contributed by atoms with Crippen molar-refractivity contribution in [3.05, 3.63) is 93.9 Å². The Morgan fingerprint density at radius 1 is 1.08 bits per heavy atom. The van der Waals surface area contributed by atoms with E-state index in [9.17, 15) is 9.59 Å². The fourth-order valence-electron chi connectivity index (χ4n) is 3.66. The van der Waals surface area contributed by atoms with Crippen LogP contribution in [0.15, 0.2) is 77.7 Å². The molecule has 190 valence electrons. The van der Waals surface area contributed by atoms with Crippen molar-refractivity contribution in [3.63, 3.8) is 0 Å². The standard InChI is InChI=1S/C28H25ClN2O4S2/c1-2-34-23-16-20(15-22(29)26(23)35-18-25(32)30-21-11-7-4-8-12-21)17-24-27(33)31(28(36)37-24)14-13-19-9-5-3-6-10-19/h3-12,15-17H,2,13-14,18H2,1H3,(H,30,32)/b24-17-. The molecule has 3 aromatic rings. The molecule has 0 radical (unpaired) electrons. The number of hydrogen-bond donors (Lipinski definition) is 1. The lowest BCUT2D eigenvalue weighted by molar-refractivity contribution is -0.122. The zero-order chi connectivity index (χ0) is 26.2. The number of halogens is 1. The van der Waals surface area contributed by atoms with E-state index < -0.39 is 0 Å². The van der Waals surface area contributed by atoms with Gasteiger partial charge in [0.1, 0.15) is 4.32 Å². The van der Waals surface area contributed by atoms with E-state index >= 15 is 0 Å². The Kier molecular flexibility index (Phi) is 9.22. The van der Waals surface area contributed by atoms with Crippen LogP contribution < -0.4 is 14.8 Å². The van der Waals surface area contributed by atoms with Crippen LogP contribution in [-0.2, 0) is 16.0 Å². The summed E-state index contributed by atoms with van der Waals surface area (Å²) in [4.78, 5) is 27.5. The lowest BCUT2D eigenvalue weighted by Crippen LogP contribution is -2.30. The van der Waals surface area contributed by atoms with Crippen LogP contribution in [0, 0.1) is 0 Å². The number of anilines is 1. The molecule has 4 rings (SSSR count). The molecule has 1 heterocycles. The van der Waals surface area contributed by atoms with Crippen molar-refractivity contribution in [1.29, 1.82) is 0 Å². The van der Waals surface area contributed by atoms with Gasteiger partial charge in [-0.1, -0.05) is 84.1 Å². The van der Waals surface area contributed by atoms with Crippen molar-refractivity contribution in [3.8, 4) is 11.5 Å². The van der Waals surface area contributed by atoms with Gasteiger partial charge in [-0.25, -0.2) is 0 Å². The van der Waals surface area contributed by atoms with Crippen molar-refractivity contribution < 1.29 is 19.1 Å². The minimum Gasteiger partial charge on any atom is -0.490 e. The third-order valence-electron chi connectivity index (χ3n) is 5.38. The molecule has 0 spiro atoms. The number of thiocarbonyl (C=S) groups is 1. The minimum absolute atomic E-state index is 0.141. The molecule has 6 nitrogen and oxygen atoms in total. The fourth-order valence-corrected chi connectivity index (χ4v) is 5.24. The Labute approximate surface area is 230 Å². The maximum Gasteiger partial charge on any atom is 0.266 e. The highest BCUT2D eigenvalue weighted by molar-refractivity contribution is 8.26. The molecular weight excluding hydrogens is 528 g/mol. The molecule has 1 saturated heterocycles. The van der Waals surface area contributed by atoms with Crippen LogP contribution in [0.4, 0.5) is 5.69 Å². The molecule has 1 aliphatic rings. The summed E-state index contributed by atoms with van der Waals surface area (Å²) in [7, 11) is 0. The van der Waals surface area contributed by atoms with Crippen LogP contribution in [0.1, 0.15) is 18.1 Å². The lowest BCUT2D eigenvalue weighted by atomic mass is 10.1. The second-order valence-electron chi connectivity index (χ2n) is 8.03. The number of carbonyl (C=O) groups excluding carboxylic acids is 2. The summed E-state index contributed by atoms with van der Waals surface area (Å²) < 4.78 is 12.0. The van der Waals surface area contributed by atoms with E-state index in [1.165, 1.54) is 11.8 Å². The first-order valence-corrected chi connectivity index (χ1v) is 13.3. The molecule has 37 heavy (non-hydrogen) atoms. The summed E-state index contributed by atoms with van der Waals surface area (Å²) in [6, 6.07) is 22.5. The van der Waals surface area contributed by atoms with E-state index in [0.717, 1.165) is 5.56 Å². The van der Waals surface area contributed by atoms with Crippen molar-refractivity contribution in [2.75, 3.05) is 25.1 Å². The van der Waals surface area contributed by atoms with E-state index in [1.54, 1.807) is 35.2 Å². The van der Waals surface area contributed by atoms with Gasteiger partial charge in [0.2, 0.25) is 0 Å². The molecule has 1 fully saturated rings. The quantitative estimate of drug-likeness (QED) is 0.238. The Morgan fingerprint density at radius 3 is 2.49 bits per heavy atom. The summed E-state index contributed by atoms with van der Waals surface area (Å²) in [5, 5.41) is 3.03. The number of hydrogen-bond acceptors (Lipinski definition) is 6. The monoisotopic (exact) mass is 552 g/mol. The van der Waals surface area contributed by atoms with E-state index in [0.29, 0.717) is 45.8 Å². The predicted molar refractivity (Wildman–Crippen MR) is 153 cm³/mol. The summed E-state index contributed by atoms with van der Waals surface area (Å²) >= 11 is 13.2. The van der Waals surface area contributed by atoms with Crippen molar-refractivity contribution in [2.24, 2.45) is 0 Å². The van der Waals surface area contributed by atoms with Gasteiger partial charge in [-0.15, -0.1) is 0 Å². The molecule has 0 unspecified atom stereocenters. The second kappa shape index (κ2) is 12.8. The highest BCUT2D eigenvalue weighted by Gasteiger charge is 2.31. The molecule has 3 aromatic carbocycles. The van der Waals surface area contributed by atoms with Gasteiger partial charge >= 0.3 is 0 Å². The van der Waals surface area contributed by atoms with Crippen LogP contribution in [-0.4, -0.2) is 40.8 Å². The first kappa shape index (κ1) is 26.7. The molecule has 0 atom stereocenters. The average molecular weight is 553 g/mol. The number of para-hydroxylation sites is 1. The number of thioether (sulfide) groups is 1. The molecular formula is C28H25ClN2O4S2. The number of nitrogens with one attached hydrogen (secondary N) is 1. The van der Waals surface area contributed by atoms with E-state index in [4.69, 9.17) is 33.3 Å². The fraction of sp³-hybridized carbons (Fsp3) is 0.179. The van der Waals surface area contributed by atoms with Gasteiger partial charge in [0, 0.05) is 12.2 Å². The van der Waals surface area contributed by atoms with Crippen molar-refractivity contribution in [1.82, 2.24) is 4.90 Å². The average Bonchev–Trinajstić information content (AvgIpc) is 3.15. The van der Waals surface area contributed by atoms with E-state index in [1.807, 2.05) is 55.5 Å². The Morgan fingerprint density at radius 2 is 1.78 bits per heavy atom. The smallest absolute Gasteiger partial charge is 0.266 e. The molecule has 0 aliphatic carbocycles. The summed E-state index contributed by atoms with van der Waals surface area (Å²) in [5.74, 6) is 0.179. The number of benzene rings is 3. The summed E-state index contributed by atoms with van der Waals surface area (Å²) in [6.07, 6.45) is 2.45. The number of ether oxygens (including phenoxy) is 2. The maximum atomic E-state index is 13.0. The van der Waals surface area contributed by atoms with Gasteiger partial charge < -0.3 is 14.8 Å². The van der Waals surface area contributed by atoms with Crippen LogP contribution >= 0.6 is 35.6 Å². The van der Waals surface area contributed by atoms with Gasteiger partial charge in [-0.05, 0) is 54.8 Å². The van der Waals surface area contributed by atoms with E-state index in [-0.39, 0.29) is 29.2 Å². The van der Waals surface area contributed by atoms with Crippen molar-refractivity contribution >= 4 is 63.5 Å².